The Morgan fingerprint density at radius 1 is 1.21 bits per heavy atom. The van der Waals surface area contributed by atoms with E-state index in [9.17, 15) is 14.9 Å². The van der Waals surface area contributed by atoms with Crippen molar-refractivity contribution in [3.63, 3.8) is 0 Å². The molecule has 0 aliphatic carbocycles. The third kappa shape index (κ3) is 5.86. The van der Waals surface area contributed by atoms with E-state index in [2.05, 4.69) is 10.4 Å². The lowest BCUT2D eigenvalue weighted by Crippen LogP contribution is -2.25. The van der Waals surface area contributed by atoms with Crippen LogP contribution in [0.15, 0.2) is 24.3 Å². The number of ether oxygens (including phenoxy) is 2. The number of aromatic nitrogens is 2. The Morgan fingerprint density at radius 2 is 1.93 bits per heavy atom. The lowest BCUT2D eigenvalue weighted by molar-refractivity contribution is -0.386. The van der Waals surface area contributed by atoms with E-state index in [-0.39, 0.29) is 11.6 Å². The zero-order valence-electron chi connectivity index (χ0n) is 16.4. The number of nitrogens with zero attached hydrogens (tertiary/aromatic N) is 3. The molecule has 2 rings (SSSR count). The molecule has 1 N–H and O–H groups in total. The maximum absolute atomic E-state index is 12.2. The Labute approximate surface area is 163 Å². The van der Waals surface area contributed by atoms with Crippen molar-refractivity contribution in [1.82, 2.24) is 15.1 Å². The fraction of sp³-hybridized carbons (Fsp3) is 0.474. The molecule has 0 spiro atoms. The van der Waals surface area contributed by atoms with E-state index in [0.29, 0.717) is 49.9 Å². The van der Waals surface area contributed by atoms with Crippen molar-refractivity contribution >= 4 is 11.6 Å². The van der Waals surface area contributed by atoms with Crippen molar-refractivity contribution in [1.29, 1.82) is 0 Å². The monoisotopic (exact) mass is 390 g/mol. The molecule has 1 aromatic carbocycles. The summed E-state index contributed by atoms with van der Waals surface area (Å²) in [6.45, 7) is 5.91. The summed E-state index contributed by atoms with van der Waals surface area (Å²) in [5.74, 6) is -0.148. The number of amides is 1. The number of aryl methyl sites for hydroxylation is 1. The molecule has 152 valence electrons. The van der Waals surface area contributed by atoms with Crippen LogP contribution in [0.5, 0.6) is 0 Å². The van der Waals surface area contributed by atoms with Gasteiger partial charge in [0.15, 0.2) is 0 Å². The minimum absolute atomic E-state index is 0.0437. The van der Waals surface area contributed by atoms with Crippen LogP contribution in [0.4, 0.5) is 5.69 Å². The highest BCUT2D eigenvalue weighted by molar-refractivity contribution is 5.94. The highest BCUT2D eigenvalue weighted by Crippen LogP contribution is 2.22. The molecular weight excluding hydrogens is 364 g/mol. The number of carbonyl (C=O) groups excluding carboxylic acids is 1. The molecule has 1 aromatic heterocycles. The second-order valence-electron chi connectivity index (χ2n) is 6.35. The highest BCUT2D eigenvalue weighted by atomic mass is 16.6. The number of methoxy groups -OCH3 is 1. The van der Waals surface area contributed by atoms with Crippen LogP contribution < -0.4 is 5.32 Å². The van der Waals surface area contributed by atoms with Crippen LogP contribution in [0.3, 0.4) is 0 Å². The van der Waals surface area contributed by atoms with Crippen molar-refractivity contribution < 1.29 is 19.2 Å². The van der Waals surface area contributed by atoms with E-state index in [1.165, 1.54) is 0 Å². The van der Waals surface area contributed by atoms with Gasteiger partial charge >= 0.3 is 5.69 Å². The molecular formula is C19H26N4O5. The van der Waals surface area contributed by atoms with Gasteiger partial charge in [0, 0.05) is 25.8 Å². The number of hydrogen-bond acceptors (Lipinski definition) is 6. The maximum atomic E-state index is 12.2. The molecule has 0 saturated heterocycles. The molecule has 0 aliphatic heterocycles. The van der Waals surface area contributed by atoms with Gasteiger partial charge in [0.25, 0.3) is 5.91 Å². The fourth-order valence-electron chi connectivity index (χ4n) is 2.76. The van der Waals surface area contributed by atoms with Gasteiger partial charge in [0.05, 0.1) is 24.7 Å². The van der Waals surface area contributed by atoms with Crippen LogP contribution in [-0.4, -0.2) is 54.1 Å². The Hall–Kier alpha value is -2.78. The first kappa shape index (κ1) is 21.5. The summed E-state index contributed by atoms with van der Waals surface area (Å²) in [7, 11) is 1.62. The normalized spacial score (nSPS) is 10.8. The van der Waals surface area contributed by atoms with E-state index in [1.807, 2.05) is 12.1 Å². The van der Waals surface area contributed by atoms with Crippen LogP contribution in [-0.2, 0) is 16.0 Å². The highest BCUT2D eigenvalue weighted by Gasteiger charge is 2.21. The Balaban J connectivity index is 1.85. The van der Waals surface area contributed by atoms with Crippen molar-refractivity contribution in [2.75, 3.05) is 33.5 Å². The zero-order valence-corrected chi connectivity index (χ0v) is 16.4. The topological polar surface area (TPSA) is 109 Å². The second-order valence-corrected chi connectivity index (χ2v) is 6.35. The van der Waals surface area contributed by atoms with Crippen LogP contribution in [0.1, 0.15) is 33.7 Å². The number of carbonyl (C=O) groups is 1. The van der Waals surface area contributed by atoms with Crippen LogP contribution in [0.25, 0.3) is 0 Å². The average Bonchev–Trinajstić information content (AvgIpc) is 2.94. The Morgan fingerprint density at radius 3 is 2.54 bits per heavy atom. The number of hydrogen-bond donors (Lipinski definition) is 1. The largest absolute Gasteiger partial charge is 0.382 e. The van der Waals surface area contributed by atoms with Crippen molar-refractivity contribution in [2.24, 2.45) is 0 Å². The van der Waals surface area contributed by atoms with Crippen LogP contribution in [0.2, 0.25) is 0 Å². The van der Waals surface area contributed by atoms with Gasteiger partial charge in [-0.25, -0.2) is 0 Å². The average molecular weight is 390 g/mol. The van der Waals surface area contributed by atoms with Crippen LogP contribution >= 0.6 is 0 Å². The van der Waals surface area contributed by atoms with Crippen molar-refractivity contribution in [2.45, 2.75) is 26.8 Å². The quantitative estimate of drug-likeness (QED) is 0.358. The number of nitro groups is 1. The van der Waals surface area contributed by atoms with Gasteiger partial charge in [-0.3, -0.25) is 19.6 Å². The third-order valence-electron chi connectivity index (χ3n) is 4.26. The maximum Gasteiger partial charge on any atom is 0.312 e. The number of nitrogens with one attached hydrogen (secondary N) is 1. The van der Waals surface area contributed by atoms with Gasteiger partial charge in [-0.1, -0.05) is 12.1 Å². The molecule has 9 heteroatoms. The predicted octanol–water partition coefficient (Wildman–Crippen LogP) is 2.24. The van der Waals surface area contributed by atoms with Gasteiger partial charge in [-0.2, -0.15) is 5.10 Å². The molecule has 0 unspecified atom stereocenters. The van der Waals surface area contributed by atoms with E-state index >= 15 is 0 Å². The minimum atomic E-state index is -0.412. The van der Waals surface area contributed by atoms with E-state index in [0.717, 1.165) is 12.0 Å². The SMILES string of the molecule is COCCOCCCNC(=O)c1ccc(Cn2nc(C)c([N+](=O)[O-])c2C)cc1. The van der Waals surface area contributed by atoms with Crippen molar-refractivity contribution in [3.05, 3.63) is 56.9 Å². The first-order valence-electron chi connectivity index (χ1n) is 9.06. The van der Waals surface area contributed by atoms with Gasteiger partial charge < -0.3 is 14.8 Å². The summed E-state index contributed by atoms with van der Waals surface area (Å²) in [5.41, 5.74) is 2.41. The summed E-state index contributed by atoms with van der Waals surface area (Å²) in [6, 6.07) is 7.12. The lowest BCUT2D eigenvalue weighted by Gasteiger charge is -2.08. The van der Waals surface area contributed by atoms with Gasteiger partial charge in [0.2, 0.25) is 0 Å². The molecule has 28 heavy (non-hydrogen) atoms. The molecule has 9 nitrogen and oxygen atoms in total. The van der Waals surface area contributed by atoms with Crippen molar-refractivity contribution in [3.8, 4) is 0 Å². The van der Waals surface area contributed by atoms with E-state index in [1.54, 1.807) is 37.8 Å². The first-order valence-corrected chi connectivity index (χ1v) is 9.06. The predicted molar refractivity (Wildman–Crippen MR) is 104 cm³/mol. The fourth-order valence-corrected chi connectivity index (χ4v) is 2.76. The Bertz CT molecular complexity index is 801. The second kappa shape index (κ2) is 10.5. The minimum Gasteiger partial charge on any atom is -0.382 e. The molecule has 0 atom stereocenters. The van der Waals surface area contributed by atoms with Gasteiger partial charge in [0.1, 0.15) is 11.4 Å². The molecule has 1 amide bonds. The lowest BCUT2D eigenvalue weighted by atomic mass is 10.1. The van der Waals surface area contributed by atoms with Crippen LogP contribution in [0, 0.1) is 24.0 Å². The molecule has 0 saturated carbocycles. The van der Waals surface area contributed by atoms with Gasteiger partial charge in [-0.05, 0) is 38.0 Å². The van der Waals surface area contributed by atoms with E-state index < -0.39 is 4.92 Å². The summed E-state index contributed by atoms with van der Waals surface area (Å²) in [6.07, 6.45) is 0.726. The smallest absolute Gasteiger partial charge is 0.312 e. The van der Waals surface area contributed by atoms with E-state index in [4.69, 9.17) is 9.47 Å². The van der Waals surface area contributed by atoms with Gasteiger partial charge in [-0.15, -0.1) is 0 Å². The summed E-state index contributed by atoms with van der Waals surface area (Å²) < 4.78 is 11.8. The molecule has 1 heterocycles. The molecule has 2 aromatic rings. The molecule has 0 fully saturated rings. The summed E-state index contributed by atoms with van der Waals surface area (Å²) >= 11 is 0. The number of benzene rings is 1. The zero-order chi connectivity index (χ0) is 20.5. The Kier molecular flexibility index (Phi) is 8.09. The standard InChI is InChI=1S/C19H26N4O5/c1-14-18(23(25)26)15(2)22(21-14)13-16-5-7-17(8-6-16)19(24)20-9-4-10-28-12-11-27-3/h5-8H,4,9-13H2,1-3H3,(H,20,24). The first-order chi connectivity index (χ1) is 13.4. The molecule has 0 aliphatic rings. The summed E-state index contributed by atoms with van der Waals surface area (Å²) in [5, 5.41) is 18.2. The molecule has 0 radical (unpaired) electrons. The molecule has 0 bridgehead atoms. The summed E-state index contributed by atoms with van der Waals surface area (Å²) in [4.78, 5) is 22.8. The third-order valence-corrected chi connectivity index (χ3v) is 4.26. The number of rotatable bonds is 11.